The Labute approximate surface area is 190 Å². The maximum atomic E-state index is 13.0. The van der Waals surface area contributed by atoms with E-state index in [2.05, 4.69) is 40.0 Å². The third-order valence-corrected chi connectivity index (χ3v) is 6.03. The first kappa shape index (κ1) is 22.2. The molecule has 1 fully saturated rings. The van der Waals surface area contributed by atoms with Crippen molar-refractivity contribution in [2.75, 3.05) is 38.6 Å². The lowest BCUT2D eigenvalue weighted by Gasteiger charge is -2.21. The van der Waals surface area contributed by atoms with Gasteiger partial charge in [0.15, 0.2) is 0 Å². The highest BCUT2D eigenvalue weighted by molar-refractivity contribution is 6.06. The lowest BCUT2D eigenvalue weighted by Crippen LogP contribution is -2.28. The summed E-state index contributed by atoms with van der Waals surface area (Å²) in [5, 5.41) is 3.99. The van der Waals surface area contributed by atoms with Crippen LogP contribution in [0.1, 0.15) is 47.8 Å². The fourth-order valence-corrected chi connectivity index (χ4v) is 4.40. The van der Waals surface area contributed by atoms with E-state index in [9.17, 15) is 4.79 Å². The van der Waals surface area contributed by atoms with Crippen LogP contribution in [0.15, 0.2) is 48.7 Å². The first-order valence-electron chi connectivity index (χ1n) is 11.4. The normalized spacial score (nSPS) is 16.6. The van der Waals surface area contributed by atoms with Crippen molar-refractivity contribution in [2.24, 2.45) is 5.92 Å². The van der Waals surface area contributed by atoms with E-state index in [-0.39, 0.29) is 5.91 Å². The fraction of sp³-hybridized carbons (Fsp3) is 0.423. The van der Waals surface area contributed by atoms with Crippen LogP contribution in [0.4, 0.5) is 5.82 Å². The first-order valence-corrected chi connectivity index (χ1v) is 11.4. The summed E-state index contributed by atoms with van der Waals surface area (Å²) < 4.78 is 0. The molecule has 3 aromatic rings. The van der Waals surface area contributed by atoms with E-state index >= 15 is 0 Å². The zero-order valence-corrected chi connectivity index (χ0v) is 19.5. The molecule has 1 saturated heterocycles. The van der Waals surface area contributed by atoms with E-state index in [0.717, 1.165) is 54.0 Å². The zero-order chi connectivity index (χ0) is 22.7. The molecule has 0 spiro atoms. The van der Waals surface area contributed by atoms with Gasteiger partial charge < -0.3 is 10.2 Å². The summed E-state index contributed by atoms with van der Waals surface area (Å²) >= 11 is 0. The molecule has 0 saturated carbocycles. The summed E-state index contributed by atoms with van der Waals surface area (Å²) in [6, 6.07) is 14.1. The molecule has 0 radical (unpaired) electrons. The van der Waals surface area contributed by atoms with Gasteiger partial charge in [0, 0.05) is 62.5 Å². The van der Waals surface area contributed by atoms with E-state index in [0.29, 0.717) is 18.4 Å². The van der Waals surface area contributed by atoms with E-state index in [1.54, 1.807) is 0 Å². The molecule has 2 aromatic heterocycles. The van der Waals surface area contributed by atoms with E-state index in [1.807, 2.05) is 56.7 Å². The summed E-state index contributed by atoms with van der Waals surface area (Å²) in [4.78, 5) is 27.0. The van der Waals surface area contributed by atoms with Crippen molar-refractivity contribution in [3.05, 3.63) is 65.5 Å². The molecule has 1 aromatic carbocycles. The number of pyridine rings is 2. The highest BCUT2D eigenvalue weighted by Gasteiger charge is 2.27. The van der Waals surface area contributed by atoms with E-state index < -0.39 is 0 Å². The molecular weight excluding hydrogens is 398 g/mol. The van der Waals surface area contributed by atoms with Crippen LogP contribution in [-0.2, 0) is 6.54 Å². The van der Waals surface area contributed by atoms with Gasteiger partial charge in [-0.3, -0.25) is 14.7 Å². The number of para-hydroxylation sites is 1. The molecule has 1 amide bonds. The predicted octanol–water partition coefficient (Wildman–Crippen LogP) is 4.07. The molecule has 6 nitrogen and oxygen atoms in total. The van der Waals surface area contributed by atoms with Gasteiger partial charge in [-0.2, -0.15) is 0 Å². The number of anilines is 1. The van der Waals surface area contributed by atoms with Crippen LogP contribution in [0, 0.1) is 5.92 Å². The third kappa shape index (κ3) is 4.91. The maximum Gasteiger partial charge on any atom is 0.252 e. The van der Waals surface area contributed by atoms with Crippen LogP contribution in [-0.4, -0.2) is 54.5 Å². The summed E-state index contributed by atoms with van der Waals surface area (Å²) in [6.45, 7) is 7.69. The van der Waals surface area contributed by atoms with Gasteiger partial charge >= 0.3 is 0 Å². The maximum absolute atomic E-state index is 13.0. The number of likely N-dealkylation sites (tertiary alicyclic amines) is 1. The number of fused-ring (bicyclic) bond motifs is 1. The molecule has 32 heavy (non-hydrogen) atoms. The van der Waals surface area contributed by atoms with Crippen LogP contribution < -0.4 is 10.2 Å². The van der Waals surface area contributed by atoms with Crippen molar-refractivity contribution in [1.82, 2.24) is 20.2 Å². The van der Waals surface area contributed by atoms with E-state index in [1.165, 1.54) is 5.56 Å². The van der Waals surface area contributed by atoms with Crippen LogP contribution in [0.25, 0.3) is 10.9 Å². The number of carbonyl (C=O) groups excluding carboxylic acids is 1. The second kappa shape index (κ2) is 9.65. The number of aromatic nitrogens is 2. The largest absolute Gasteiger partial charge is 0.362 e. The molecule has 6 heteroatoms. The SMILES string of the molecule is CC(C)CNC(=O)c1cc(C2CCN(Cc3cccnc3N(C)C)C2)nc2ccccc12. The standard InChI is InChI=1S/C26H33N5O/c1-18(2)15-28-26(32)22-14-24(29-23-10-6-5-9-21(22)23)19-11-13-31(16-19)17-20-8-7-12-27-25(20)30(3)4/h5-10,12,14,18-19H,11,13,15-17H2,1-4H3,(H,28,32). The number of nitrogens with zero attached hydrogens (tertiary/aromatic N) is 4. The topological polar surface area (TPSA) is 61.4 Å². The van der Waals surface area contributed by atoms with Crippen molar-refractivity contribution in [3.63, 3.8) is 0 Å². The molecule has 1 unspecified atom stereocenters. The number of amides is 1. The lowest BCUT2D eigenvalue weighted by molar-refractivity contribution is 0.0950. The van der Waals surface area contributed by atoms with Gasteiger partial charge in [0.1, 0.15) is 5.82 Å². The second-order valence-corrected chi connectivity index (χ2v) is 9.32. The zero-order valence-electron chi connectivity index (χ0n) is 19.5. The Morgan fingerprint density at radius 1 is 1.22 bits per heavy atom. The summed E-state index contributed by atoms with van der Waals surface area (Å²) in [5.74, 6) is 1.73. The lowest BCUT2D eigenvalue weighted by atomic mass is 9.99. The third-order valence-electron chi connectivity index (χ3n) is 6.03. The summed E-state index contributed by atoms with van der Waals surface area (Å²) in [6.07, 6.45) is 2.88. The average molecular weight is 432 g/mol. The summed E-state index contributed by atoms with van der Waals surface area (Å²) in [7, 11) is 4.06. The molecule has 168 valence electrons. The van der Waals surface area contributed by atoms with Crippen LogP contribution in [0.5, 0.6) is 0 Å². The molecule has 1 atom stereocenters. The number of hydrogen-bond acceptors (Lipinski definition) is 5. The Hall–Kier alpha value is -2.99. The number of benzene rings is 1. The van der Waals surface area contributed by atoms with Crippen molar-refractivity contribution >= 4 is 22.6 Å². The highest BCUT2D eigenvalue weighted by atomic mass is 16.1. The summed E-state index contributed by atoms with van der Waals surface area (Å²) in [5.41, 5.74) is 3.87. The average Bonchev–Trinajstić information content (AvgIpc) is 3.25. The van der Waals surface area contributed by atoms with Gasteiger partial charge in [-0.25, -0.2) is 4.98 Å². The Morgan fingerprint density at radius 2 is 2.03 bits per heavy atom. The van der Waals surface area contributed by atoms with Crippen LogP contribution >= 0.6 is 0 Å². The van der Waals surface area contributed by atoms with Gasteiger partial charge in [0.25, 0.3) is 5.91 Å². The van der Waals surface area contributed by atoms with Gasteiger partial charge in [-0.1, -0.05) is 38.1 Å². The smallest absolute Gasteiger partial charge is 0.252 e. The molecule has 0 aliphatic carbocycles. The highest BCUT2D eigenvalue weighted by Crippen LogP contribution is 2.31. The van der Waals surface area contributed by atoms with Crippen molar-refractivity contribution in [1.29, 1.82) is 0 Å². The molecule has 1 aliphatic heterocycles. The number of carbonyl (C=O) groups is 1. The minimum absolute atomic E-state index is 0.0145. The molecular formula is C26H33N5O. The predicted molar refractivity (Wildman–Crippen MR) is 130 cm³/mol. The van der Waals surface area contributed by atoms with Crippen molar-refractivity contribution < 1.29 is 4.79 Å². The molecule has 0 bridgehead atoms. The van der Waals surface area contributed by atoms with Gasteiger partial charge in [-0.05, 0) is 37.1 Å². The molecule has 1 aliphatic rings. The Kier molecular flexibility index (Phi) is 6.70. The Morgan fingerprint density at radius 3 is 2.81 bits per heavy atom. The monoisotopic (exact) mass is 431 g/mol. The minimum atomic E-state index is -0.0145. The second-order valence-electron chi connectivity index (χ2n) is 9.32. The van der Waals surface area contributed by atoms with Crippen molar-refractivity contribution in [2.45, 2.75) is 32.7 Å². The van der Waals surface area contributed by atoms with Crippen molar-refractivity contribution in [3.8, 4) is 0 Å². The Balaban J connectivity index is 1.56. The van der Waals surface area contributed by atoms with Crippen LogP contribution in [0.3, 0.4) is 0 Å². The molecule has 3 heterocycles. The first-order chi connectivity index (χ1) is 15.4. The number of rotatable bonds is 7. The number of hydrogen-bond donors (Lipinski definition) is 1. The molecule has 4 rings (SSSR count). The quantitative estimate of drug-likeness (QED) is 0.611. The van der Waals surface area contributed by atoms with Gasteiger partial charge in [-0.15, -0.1) is 0 Å². The number of nitrogens with one attached hydrogen (secondary N) is 1. The van der Waals surface area contributed by atoms with Gasteiger partial charge in [0.2, 0.25) is 0 Å². The van der Waals surface area contributed by atoms with Gasteiger partial charge in [0.05, 0.1) is 11.1 Å². The minimum Gasteiger partial charge on any atom is -0.362 e. The molecule has 1 N–H and O–H groups in total. The Bertz CT molecular complexity index is 1090. The van der Waals surface area contributed by atoms with Crippen LogP contribution in [0.2, 0.25) is 0 Å². The van der Waals surface area contributed by atoms with E-state index in [4.69, 9.17) is 4.98 Å². The fourth-order valence-electron chi connectivity index (χ4n) is 4.40.